The first-order chi connectivity index (χ1) is 8.16. The first-order valence-electron chi connectivity index (χ1n) is 7.10. The highest BCUT2D eigenvalue weighted by Gasteiger charge is 2.51. The Morgan fingerprint density at radius 1 is 1.06 bits per heavy atom. The molecule has 3 nitrogen and oxygen atoms in total. The van der Waals surface area contributed by atoms with Gasteiger partial charge in [0.1, 0.15) is 0 Å². The van der Waals surface area contributed by atoms with Crippen molar-refractivity contribution in [1.82, 2.24) is 5.32 Å². The number of aliphatic carboxylic acids is 1. The quantitative estimate of drug-likeness (QED) is 0.736. The van der Waals surface area contributed by atoms with E-state index in [0.717, 1.165) is 19.4 Å². The van der Waals surface area contributed by atoms with Gasteiger partial charge in [0.25, 0.3) is 0 Å². The van der Waals surface area contributed by atoms with E-state index in [9.17, 15) is 9.90 Å². The Hall–Kier alpha value is -0.570. The molecule has 2 spiro atoms. The van der Waals surface area contributed by atoms with Crippen molar-refractivity contribution in [2.24, 2.45) is 16.7 Å². The average Bonchev–Trinajstić information content (AvgIpc) is 2.91. The average molecular weight is 237 g/mol. The number of hydrogen-bond donors (Lipinski definition) is 2. The molecule has 96 valence electrons. The Bertz CT molecular complexity index is 310. The molecule has 2 N–H and O–H groups in total. The fraction of sp³-hybridized carbons (Fsp3) is 0.929. The van der Waals surface area contributed by atoms with E-state index in [4.69, 9.17) is 0 Å². The Labute approximate surface area is 103 Å². The molecule has 1 aliphatic heterocycles. The molecule has 0 aromatic rings. The van der Waals surface area contributed by atoms with Crippen molar-refractivity contribution in [1.29, 1.82) is 0 Å². The second-order valence-corrected chi connectivity index (χ2v) is 6.59. The number of rotatable bonds is 1. The SMILES string of the molecule is O=C(O)C1CNCC12CCC1(CCCC1)CC2. The third kappa shape index (κ3) is 1.79. The fourth-order valence-corrected chi connectivity index (χ4v) is 4.58. The normalized spacial score (nSPS) is 34.5. The van der Waals surface area contributed by atoms with Crippen molar-refractivity contribution in [3.8, 4) is 0 Å². The van der Waals surface area contributed by atoms with Crippen LogP contribution < -0.4 is 5.32 Å². The molecule has 3 heteroatoms. The molecule has 2 aliphatic carbocycles. The molecule has 1 saturated heterocycles. The maximum absolute atomic E-state index is 11.3. The van der Waals surface area contributed by atoms with Crippen LogP contribution in [0.15, 0.2) is 0 Å². The topological polar surface area (TPSA) is 49.3 Å². The zero-order chi connectivity index (χ0) is 11.9. The highest BCUT2D eigenvalue weighted by molar-refractivity contribution is 5.72. The molecule has 2 saturated carbocycles. The summed E-state index contributed by atoms with van der Waals surface area (Å²) >= 11 is 0. The minimum Gasteiger partial charge on any atom is -0.481 e. The molecule has 0 radical (unpaired) electrons. The third-order valence-corrected chi connectivity index (χ3v) is 5.83. The van der Waals surface area contributed by atoms with Gasteiger partial charge in [0.15, 0.2) is 0 Å². The molecular weight excluding hydrogens is 214 g/mol. The lowest BCUT2D eigenvalue weighted by atomic mass is 9.59. The molecular formula is C14H23NO2. The highest BCUT2D eigenvalue weighted by atomic mass is 16.4. The van der Waals surface area contributed by atoms with Crippen LogP contribution in [0.3, 0.4) is 0 Å². The van der Waals surface area contributed by atoms with Crippen LogP contribution in [0.4, 0.5) is 0 Å². The van der Waals surface area contributed by atoms with Gasteiger partial charge < -0.3 is 10.4 Å². The molecule has 1 unspecified atom stereocenters. The second-order valence-electron chi connectivity index (χ2n) is 6.59. The van der Waals surface area contributed by atoms with Crippen molar-refractivity contribution in [3.63, 3.8) is 0 Å². The minimum absolute atomic E-state index is 0.0830. The lowest BCUT2D eigenvalue weighted by Gasteiger charge is -2.44. The monoisotopic (exact) mass is 237 g/mol. The van der Waals surface area contributed by atoms with Gasteiger partial charge in [-0.2, -0.15) is 0 Å². The molecule has 0 amide bonds. The zero-order valence-corrected chi connectivity index (χ0v) is 10.5. The Morgan fingerprint density at radius 2 is 1.71 bits per heavy atom. The summed E-state index contributed by atoms with van der Waals surface area (Å²) in [6, 6.07) is 0. The Morgan fingerprint density at radius 3 is 2.29 bits per heavy atom. The van der Waals surface area contributed by atoms with Crippen LogP contribution in [0, 0.1) is 16.7 Å². The van der Waals surface area contributed by atoms with Crippen molar-refractivity contribution in [2.75, 3.05) is 13.1 Å². The number of carbonyl (C=O) groups is 1. The molecule has 17 heavy (non-hydrogen) atoms. The van der Waals surface area contributed by atoms with Gasteiger partial charge >= 0.3 is 5.97 Å². The summed E-state index contributed by atoms with van der Waals surface area (Å²) in [7, 11) is 0. The van der Waals surface area contributed by atoms with Crippen LogP contribution in [0.25, 0.3) is 0 Å². The van der Waals surface area contributed by atoms with Crippen molar-refractivity contribution < 1.29 is 9.90 Å². The molecule has 3 fully saturated rings. The van der Waals surface area contributed by atoms with E-state index < -0.39 is 5.97 Å². The van der Waals surface area contributed by atoms with E-state index in [1.54, 1.807) is 0 Å². The maximum atomic E-state index is 11.3. The van der Waals surface area contributed by atoms with Crippen LogP contribution in [0.1, 0.15) is 51.4 Å². The largest absolute Gasteiger partial charge is 0.481 e. The predicted molar refractivity (Wildman–Crippen MR) is 65.8 cm³/mol. The van der Waals surface area contributed by atoms with Crippen molar-refractivity contribution in [2.45, 2.75) is 51.4 Å². The Kier molecular flexibility index (Phi) is 2.69. The smallest absolute Gasteiger partial charge is 0.308 e. The molecule has 3 aliphatic rings. The number of nitrogens with one attached hydrogen (secondary N) is 1. The van der Waals surface area contributed by atoms with Crippen LogP contribution in [-0.4, -0.2) is 24.2 Å². The van der Waals surface area contributed by atoms with Gasteiger partial charge in [-0.1, -0.05) is 12.8 Å². The van der Waals surface area contributed by atoms with Gasteiger partial charge in [-0.3, -0.25) is 4.79 Å². The fourth-order valence-electron chi connectivity index (χ4n) is 4.58. The first kappa shape index (κ1) is 11.5. The van der Waals surface area contributed by atoms with E-state index in [2.05, 4.69) is 5.32 Å². The van der Waals surface area contributed by atoms with E-state index >= 15 is 0 Å². The number of hydrogen-bond acceptors (Lipinski definition) is 2. The number of carboxylic acids is 1. The summed E-state index contributed by atoms with van der Waals surface area (Å²) < 4.78 is 0. The van der Waals surface area contributed by atoms with E-state index in [1.807, 2.05) is 0 Å². The minimum atomic E-state index is -0.586. The van der Waals surface area contributed by atoms with Gasteiger partial charge in [-0.15, -0.1) is 0 Å². The van der Waals surface area contributed by atoms with Crippen LogP contribution in [0.5, 0.6) is 0 Å². The van der Waals surface area contributed by atoms with Gasteiger partial charge in [-0.05, 0) is 49.4 Å². The third-order valence-electron chi connectivity index (χ3n) is 5.83. The molecule has 1 heterocycles. The van der Waals surface area contributed by atoms with Crippen LogP contribution in [0.2, 0.25) is 0 Å². The standard InChI is InChI=1S/C14H23NO2/c16-12(17)11-9-15-10-14(11)7-5-13(6-8-14)3-1-2-4-13/h11,15H,1-10H2,(H,16,17). The van der Waals surface area contributed by atoms with Gasteiger partial charge in [0.2, 0.25) is 0 Å². The summed E-state index contributed by atoms with van der Waals surface area (Å²) in [5.41, 5.74) is 0.691. The summed E-state index contributed by atoms with van der Waals surface area (Å²) in [6.07, 6.45) is 10.4. The van der Waals surface area contributed by atoms with Gasteiger partial charge in [-0.25, -0.2) is 0 Å². The van der Waals surface area contributed by atoms with Crippen molar-refractivity contribution in [3.05, 3.63) is 0 Å². The van der Waals surface area contributed by atoms with Gasteiger partial charge in [0, 0.05) is 13.1 Å². The maximum Gasteiger partial charge on any atom is 0.308 e. The predicted octanol–water partition coefficient (Wildman–Crippen LogP) is 2.41. The van der Waals surface area contributed by atoms with Crippen molar-refractivity contribution >= 4 is 5.97 Å². The summed E-state index contributed by atoms with van der Waals surface area (Å²) in [5.74, 6) is -0.723. The van der Waals surface area contributed by atoms with Gasteiger partial charge in [0.05, 0.1) is 5.92 Å². The summed E-state index contributed by atoms with van der Waals surface area (Å²) in [4.78, 5) is 11.3. The lowest BCUT2D eigenvalue weighted by molar-refractivity contribution is -0.146. The lowest BCUT2D eigenvalue weighted by Crippen LogP contribution is -2.41. The van der Waals surface area contributed by atoms with Crippen LogP contribution >= 0.6 is 0 Å². The highest BCUT2D eigenvalue weighted by Crippen LogP contribution is 2.56. The molecule has 3 rings (SSSR count). The van der Waals surface area contributed by atoms with E-state index in [-0.39, 0.29) is 11.3 Å². The molecule has 0 bridgehead atoms. The molecule has 1 atom stereocenters. The molecule has 0 aromatic carbocycles. The van der Waals surface area contributed by atoms with E-state index in [1.165, 1.54) is 38.5 Å². The summed E-state index contributed by atoms with van der Waals surface area (Å²) in [6.45, 7) is 1.61. The van der Waals surface area contributed by atoms with Crippen LogP contribution in [-0.2, 0) is 4.79 Å². The Balaban J connectivity index is 1.72. The van der Waals surface area contributed by atoms with E-state index in [0.29, 0.717) is 12.0 Å². The second kappa shape index (κ2) is 3.98. The number of carboxylic acid groups (broad SMARTS) is 1. The zero-order valence-electron chi connectivity index (χ0n) is 10.5. The summed E-state index contributed by atoms with van der Waals surface area (Å²) in [5, 5.41) is 12.7. The molecule has 0 aromatic heterocycles. The first-order valence-corrected chi connectivity index (χ1v) is 7.10.